The fraction of sp³-hybridized carbons (Fsp3) is 0.333. The minimum Gasteiger partial charge on any atom is -0.478 e. The third-order valence-electron chi connectivity index (χ3n) is 10.6. The number of carbonyl (C=O) groups excluding carboxylic acids is 6. The van der Waals surface area contributed by atoms with Gasteiger partial charge in [0, 0.05) is 72.3 Å². The van der Waals surface area contributed by atoms with E-state index in [2.05, 4.69) is 9.56 Å². The molecule has 4 aliphatic rings. The number of carboxylic acid groups (broad SMARTS) is 1. The molecule has 11 N–H and O–H groups in total. The van der Waals surface area contributed by atoms with Crippen molar-refractivity contribution in [2.24, 2.45) is 5.92 Å². The van der Waals surface area contributed by atoms with Gasteiger partial charge >= 0.3 is 11.9 Å². The summed E-state index contributed by atoms with van der Waals surface area (Å²) in [5, 5.41) is 17.1. The second-order valence-corrected chi connectivity index (χ2v) is 24.9. The summed E-state index contributed by atoms with van der Waals surface area (Å²) in [5.41, 5.74) is 2.68. The highest BCUT2D eigenvalue weighted by atomic mass is 35.5. The van der Waals surface area contributed by atoms with E-state index in [1.807, 2.05) is 5.32 Å². The number of nitrogens with two attached hydrogens (primary N) is 2. The Morgan fingerprint density at radius 2 is 1.36 bits per heavy atom. The zero-order valence-corrected chi connectivity index (χ0v) is 43.6. The third kappa shape index (κ3) is 14.7. The highest BCUT2D eigenvalue weighted by Crippen LogP contribution is 2.48. The molecule has 3 amide bonds. The SMILES string of the molecule is CC(=O)ON1C(=O)CCC1=O.Nc1ccc2c(-c3c(Cl)ccc(Cl)c3C(=O)O)c3ccc(=[NH2+])c4c-3oc2c1S(=O)(=O)NC(CS(=O)(=O)O)C(=O)CC(CS(=O)(=O)O)C(=O)NC(CS(=O)(=O)O)C(=O)CCCNS4(=O)=O. The minimum absolute atomic E-state index is 0.131. The topological polar surface area (TPSA) is 484 Å². The summed E-state index contributed by atoms with van der Waals surface area (Å²) in [6, 6.07) is 1.54. The van der Waals surface area contributed by atoms with Crippen LogP contribution in [0.4, 0.5) is 5.69 Å². The molecule has 3 unspecified atom stereocenters. The van der Waals surface area contributed by atoms with Crippen LogP contribution in [0.15, 0.2) is 50.6 Å². The Kier molecular flexibility index (Phi) is 18.1. The zero-order chi connectivity index (χ0) is 56.5. The van der Waals surface area contributed by atoms with Crippen molar-refractivity contribution in [1.29, 1.82) is 0 Å². The van der Waals surface area contributed by atoms with Crippen LogP contribution in [0.5, 0.6) is 0 Å². The number of nitrogens with zero attached hydrogens (tertiary/aromatic N) is 1. The molecule has 1 fully saturated rings. The number of carboxylic acids is 1. The van der Waals surface area contributed by atoms with Gasteiger partial charge in [-0.05, 0) is 36.8 Å². The van der Waals surface area contributed by atoms with E-state index in [1.165, 1.54) is 0 Å². The van der Waals surface area contributed by atoms with Crippen LogP contribution in [0.3, 0.4) is 0 Å². The largest absolute Gasteiger partial charge is 0.478 e. The van der Waals surface area contributed by atoms with Crippen LogP contribution in [0.1, 0.15) is 49.4 Å². The van der Waals surface area contributed by atoms with Gasteiger partial charge in [-0.1, -0.05) is 23.2 Å². The van der Waals surface area contributed by atoms with Gasteiger partial charge in [0.05, 0.1) is 39.7 Å². The lowest BCUT2D eigenvalue weighted by Crippen LogP contribution is -2.50. The lowest BCUT2D eigenvalue weighted by atomic mass is 9.90. The number of benzene rings is 3. The number of hydrogen-bond acceptors (Lipinski definition) is 20. The number of imide groups is 1. The highest BCUT2D eigenvalue weighted by Gasteiger charge is 2.40. The number of hydrogen-bond donors (Lipinski definition) is 9. The zero-order valence-electron chi connectivity index (χ0n) is 38.0. The first kappa shape index (κ1) is 59.8. The molecule has 2 aromatic rings. The van der Waals surface area contributed by atoms with Crippen LogP contribution >= 0.6 is 23.2 Å². The van der Waals surface area contributed by atoms with Crippen LogP contribution in [0, 0.1) is 5.92 Å². The van der Waals surface area contributed by atoms with Gasteiger partial charge in [0.1, 0.15) is 16.7 Å². The molecule has 0 aromatic heterocycles. The number of rotatable bonds is 9. The van der Waals surface area contributed by atoms with Crippen molar-refractivity contribution in [1.82, 2.24) is 19.8 Å². The average Bonchev–Trinajstić information content (AvgIpc) is 3.56. The van der Waals surface area contributed by atoms with Gasteiger partial charge in [-0.2, -0.15) is 30.0 Å². The Morgan fingerprint density at radius 3 is 1.92 bits per heavy atom. The van der Waals surface area contributed by atoms with Gasteiger partial charge in [0.25, 0.3) is 52.2 Å². The van der Waals surface area contributed by atoms with E-state index in [0.717, 1.165) is 43.3 Å². The second-order valence-electron chi connectivity index (χ2n) is 16.3. The number of Topliss-reactive ketones (excluding diaryl/α,β-unsaturated/α-hetero) is 2. The molecule has 0 saturated carbocycles. The number of nitrogens with one attached hydrogen (secondary N) is 3. The van der Waals surface area contributed by atoms with Gasteiger partial charge in [-0.3, -0.25) is 43.0 Å². The van der Waals surface area contributed by atoms with Gasteiger partial charge in [0.15, 0.2) is 27.8 Å². The molecule has 36 heteroatoms. The van der Waals surface area contributed by atoms with Gasteiger partial charge < -0.3 is 25.4 Å². The Bertz CT molecular complexity index is 3690. The summed E-state index contributed by atoms with van der Waals surface area (Å²) in [6.45, 7) is 0.463. The normalized spacial score (nSPS) is 20.2. The van der Waals surface area contributed by atoms with Gasteiger partial charge in [-0.15, -0.1) is 5.06 Å². The van der Waals surface area contributed by atoms with E-state index in [1.54, 1.807) is 4.72 Å². The first-order valence-corrected chi connectivity index (χ1v) is 29.4. The van der Waals surface area contributed by atoms with Crippen molar-refractivity contribution in [2.75, 3.05) is 29.5 Å². The lowest BCUT2D eigenvalue weighted by molar-refractivity contribution is -0.195. The van der Waals surface area contributed by atoms with Crippen LogP contribution in [-0.2, 0) is 84.0 Å². The Morgan fingerprint density at radius 1 is 0.787 bits per heavy atom. The van der Waals surface area contributed by atoms with E-state index in [-0.39, 0.29) is 29.0 Å². The fourth-order valence-corrected chi connectivity index (χ4v) is 13.1. The molecule has 1 aliphatic carbocycles. The molecule has 75 heavy (non-hydrogen) atoms. The van der Waals surface area contributed by atoms with Crippen molar-refractivity contribution >= 4 is 131 Å². The molecular formula is C39H41Cl2N6O23S5+. The first-order valence-electron chi connectivity index (χ1n) is 20.8. The summed E-state index contributed by atoms with van der Waals surface area (Å²) in [5.74, 6) is -16.1. The Hall–Kier alpha value is -6.05. The second kappa shape index (κ2) is 22.7. The summed E-state index contributed by atoms with van der Waals surface area (Å²) in [4.78, 5) is 87.3. The number of halogens is 2. The van der Waals surface area contributed by atoms with Crippen LogP contribution in [0.25, 0.3) is 33.4 Å². The molecule has 3 aliphatic heterocycles. The predicted octanol–water partition coefficient (Wildman–Crippen LogP) is -1.92. The number of carbonyl (C=O) groups is 7. The van der Waals surface area contributed by atoms with Crippen LogP contribution < -0.4 is 31.3 Å². The maximum atomic E-state index is 14.5. The molecule has 2 bridgehead atoms. The smallest absolute Gasteiger partial charge is 0.337 e. The molecule has 3 atom stereocenters. The van der Waals surface area contributed by atoms with Crippen molar-refractivity contribution in [3.05, 3.63) is 57.4 Å². The molecule has 1 saturated heterocycles. The molecule has 29 nitrogen and oxygen atoms in total. The molecule has 6 rings (SSSR count). The number of hydroxylamine groups is 2. The molecule has 408 valence electrons. The number of sulfonamides is 2. The number of anilines is 1. The Labute approximate surface area is 434 Å². The van der Waals surface area contributed by atoms with Crippen molar-refractivity contribution in [3.8, 4) is 22.5 Å². The van der Waals surface area contributed by atoms with Gasteiger partial charge in [0.2, 0.25) is 21.3 Å². The standard InChI is InChI=1S/C33H33Cl2N5O19S5.C6H7NO4/c34-17-5-6-18(35)27(33(44)45)26(17)25-15-3-7-19(36)30-28(15)59-29-16(25)4-8-20(37)31(29)64(57,58)40-22(13-62(52,53)54)24(42)10-14(11-60(46,47)48)32(43)39-21(12-61(49,50)51)23(41)2-1-9-38-63(30,55)56;1-4(8)11-7-5(9)2-3-6(7)10/h3-8,14,21-22,36,38,40H,1-2,9-13,37H2,(H,39,43)(H,44,45)(H,46,47,48)(H,49,50,51)(H,52,53,54);2-3H2,1H3/p+1. The highest BCUT2D eigenvalue weighted by molar-refractivity contribution is 7.90. The van der Waals surface area contributed by atoms with E-state index in [4.69, 9.17) is 38.8 Å². The quantitative estimate of drug-likeness (QED) is 0.0382. The molecule has 0 radical (unpaired) electrons. The predicted molar refractivity (Wildman–Crippen MR) is 255 cm³/mol. The molecule has 3 heterocycles. The molecule has 2 aromatic carbocycles. The lowest BCUT2D eigenvalue weighted by Gasteiger charge is -2.24. The Balaban J connectivity index is 0.000000837. The monoisotopic (exact) mass is 1190 g/mol. The summed E-state index contributed by atoms with van der Waals surface area (Å²) in [7, 11) is -26.4. The maximum Gasteiger partial charge on any atom is 0.337 e. The molecular weight excluding hydrogens is 1150 g/mol. The number of ketones is 2. The number of nitrogen functional groups attached to an aromatic ring is 1. The number of aromatic carboxylic acids is 1. The van der Waals surface area contributed by atoms with E-state index >= 15 is 0 Å². The maximum absolute atomic E-state index is 14.5. The minimum atomic E-state index is -5.59. The van der Waals surface area contributed by atoms with E-state index < -0.39 is 206 Å². The van der Waals surface area contributed by atoms with E-state index in [9.17, 15) is 94.4 Å². The van der Waals surface area contributed by atoms with Crippen LogP contribution in [0.2, 0.25) is 10.0 Å². The van der Waals surface area contributed by atoms with E-state index in [0.29, 0.717) is 5.06 Å². The molecule has 0 spiro atoms. The summed E-state index contributed by atoms with van der Waals surface area (Å²) < 4.78 is 168. The summed E-state index contributed by atoms with van der Waals surface area (Å²) in [6.07, 6.45) is -2.53. The van der Waals surface area contributed by atoms with Crippen molar-refractivity contribution in [2.45, 2.75) is 60.9 Å². The third-order valence-corrected chi connectivity index (χ3v) is 16.7. The fourth-order valence-electron chi connectivity index (χ4n) is 7.56. The first-order chi connectivity index (χ1) is 34.4. The van der Waals surface area contributed by atoms with Crippen LogP contribution in [-0.4, -0.2) is 143 Å². The van der Waals surface area contributed by atoms with Crippen molar-refractivity contribution in [3.63, 3.8) is 0 Å². The average molecular weight is 1190 g/mol. The van der Waals surface area contributed by atoms with Gasteiger partial charge in [-0.25, -0.2) is 31.1 Å². The van der Waals surface area contributed by atoms with Crippen molar-refractivity contribution < 1.29 is 109 Å². The summed E-state index contributed by atoms with van der Waals surface area (Å²) >= 11 is 12.9. The number of amides is 3.